The zero-order valence-corrected chi connectivity index (χ0v) is 11.7. The van der Waals surface area contributed by atoms with Crippen molar-refractivity contribution in [2.24, 2.45) is 0 Å². The summed E-state index contributed by atoms with van der Waals surface area (Å²) in [5, 5.41) is 9.42. The van der Waals surface area contributed by atoms with Crippen molar-refractivity contribution in [3.8, 4) is 6.07 Å². The monoisotopic (exact) mass is 298 g/mol. The third kappa shape index (κ3) is 2.83. The van der Waals surface area contributed by atoms with Crippen LogP contribution in [0.5, 0.6) is 0 Å². The van der Waals surface area contributed by atoms with Gasteiger partial charge >= 0.3 is 0 Å². The van der Waals surface area contributed by atoms with Gasteiger partial charge in [0.2, 0.25) is 0 Å². The number of thioether (sulfide) groups is 1. The Hall–Kier alpha value is -2.52. The zero-order chi connectivity index (χ0) is 14.8. The minimum absolute atomic E-state index is 0.320. The van der Waals surface area contributed by atoms with Gasteiger partial charge in [0.05, 0.1) is 22.7 Å². The van der Waals surface area contributed by atoms with Gasteiger partial charge in [0.25, 0.3) is 0 Å². The molecule has 0 atom stereocenters. The van der Waals surface area contributed by atoms with Gasteiger partial charge in [-0.15, -0.1) is 0 Å². The summed E-state index contributed by atoms with van der Waals surface area (Å²) in [5.41, 5.74) is 8.93. The van der Waals surface area contributed by atoms with Crippen LogP contribution in [0.25, 0.3) is 11.0 Å². The first-order valence-corrected chi connectivity index (χ1v) is 7.21. The molecule has 3 N–H and O–H groups in total. The first-order chi connectivity index (χ1) is 10.2. The molecule has 3 rings (SSSR count). The summed E-state index contributed by atoms with van der Waals surface area (Å²) in [6.07, 6.45) is 0. The van der Waals surface area contributed by atoms with Crippen molar-refractivity contribution in [2.75, 3.05) is 5.73 Å². The molecular formula is C15H11FN4S. The summed E-state index contributed by atoms with van der Waals surface area (Å²) in [4.78, 5) is 7.56. The van der Waals surface area contributed by atoms with Crippen LogP contribution in [0.1, 0.15) is 11.1 Å². The highest BCUT2D eigenvalue weighted by atomic mass is 32.2. The molecule has 1 heterocycles. The van der Waals surface area contributed by atoms with Crippen LogP contribution in [-0.2, 0) is 5.75 Å². The molecule has 0 aliphatic rings. The van der Waals surface area contributed by atoms with Crippen LogP contribution in [0, 0.1) is 17.1 Å². The topological polar surface area (TPSA) is 78.5 Å². The summed E-state index contributed by atoms with van der Waals surface area (Å²) in [5.74, 6) is 0.0641. The van der Waals surface area contributed by atoms with Gasteiger partial charge in [-0.2, -0.15) is 5.26 Å². The van der Waals surface area contributed by atoms with Crippen molar-refractivity contribution in [2.45, 2.75) is 10.9 Å². The number of nitrogen functional groups attached to an aromatic ring is 1. The Morgan fingerprint density at radius 2 is 2.14 bits per heavy atom. The molecule has 0 unspecified atom stereocenters. The van der Waals surface area contributed by atoms with E-state index in [2.05, 4.69) is 9.97 Å². The Morgan fingerprint density at radius 3 is 2.90 bits per heavy atom. The lowest BCUT2D eigenvalue weighted by Crippen LogP contribution is -1.89. The van der Waals surface area contributed by atoms with E-state index in [0.717, 1.165) is 11.0 Å². The summed E-state index contributed by atoms with van der Waals surface area (Å²) in [6, 6.07) is 11.8. The molecule has 3 aromatic rings. The smallest absolute Gasteiger partial charge is 0.166 e. The number of fused-ring (bicyclic) bond motifs is 1. The second-order valence-electron chi connectivity index (χ2n) is 4.53. The van der Waals surface area contributed by atoms with Gasteiger partial charge in [-0.05, 0) is 35.9 Å². The minimum Gasteiger partial charge on any atom is -0.399 e. The van der Waals surface area contributed by atoms with Gasteiger partial charge in [0.15, 0.2) is 5.16 Å². The molecule has 6 heteroatoms. The third-order valence-electron chi connectivity index (χ3n) is 3.03. The highest BCUT2D eigenvalue weighted by molar-refractivity contribution is 7.98. The van der Waals surface area contributed by atoms with E-state index >= 15 is 0 Å². The molecule has 0 spiro atoms. The normalized spacial score (nSPS) is 10.7. The Morgan fingerprint density at radius 1 is 1.29 bits per heavy atom. The number of nitrogens with one attached hydrogen (secondary N) is 1. The second kappa shape index (κ2) is 5.46. The molecule has 0 saturated carbocycles. The Labute approximate surface area is 124 Å². The maximum atomic E-state index is 13.8. The molecular weight excluding hydrogens is 287 g/mol. The number of H-pyrrole nitrogens is 1. The highest BCUT2D eigenvalue weighted by Gasteiger charge is 2.07. The number of rotatable bonds is 3. The Balaban J connectivity index is 1.78. The summed E-state index contributed by atoms with van der Waals surface area (Å²) < 4.78 is 13.8. The SMILES string of the molecule is N#Cc1ccc(CSc2nc3ccc(N)cc3[nH]2)c(F)c1. The number of aromatic nitrogens is 2. The molecule has 1 aromatic heterocycles. The third-order valence-corrected chi connectivity index (χ3v) is 3.95. The number of imidazole rings is 1. The molecule has 0 amide bonds. The van der Waals surface area contributed by atoms with Gasteiger partial charge in [-0.25, -0.2) is 9.37 Å². The van der Waals surface area contributed by atoms with Crippen LogP contribution in [-0.4, -0.2) is 9.97 Å². The maximum Gasteiger partial charge on any atom is 0.166 e. The number of nitrogens with zero attached hydrogens (tertiary/aromatic N) is 2. The van der Waals surface area contributed by atoms with E-state index in [0.29, 0.717) is 27.7 Å². The molecule has 4 nitrogen and oxygen atoms in total. The first-order valence-electron chi connectivity index (χ1n) is 6.22. The number of nitrogens with two attached hydrogens (primary N) is 1. The van der Waals surface area contributed by atoms with Crippen molar-refractivity contribution in [3.63, 3.8) is 0 Å². The average molecular weight is 298 g/mol. The number of hydrogen-bond donors (Lipinski definition) is 2. The average Bonchev–Trinajstić information content (AvgIpc) is 2.87. The molecule has 21 heavy (non-hydrogen) atoms. The molecule has 0 radical (unpaired) electrons. The largest absolute Gasteiger partial charge is 0.399 e. The van der Waals surface area contributed by atoms with Gasteiger partial charge in [-0.1, -0.05) is 17.8 Å². The predicted molar refractivity (Wildman–Crippen MR) is 81.2 cm³/mol. The number of nitriles is 1. The van der Waals surface area contributed by atoms with Crippen molar-refractivity contribution in [1.82, 2.24) is 9.97 Å². The zero-order valence-electron chi connectivity index (χ0n) is 10.9. The van der Waals surface area contributed by atoms with Crippen LogP contribution in [0.4, 0.5) is 10.1 Å². The molecule has 0 saturated heterocycles. The van der Waals surface area contributed by atoms with Crippen molar-refractivity contribution in [3.05, 3.63) is 53.3 Å². The predicted octanol–water partition coefficient (Wildman–Crippen LogP) is 3.45. The van der Waals surface area contributed by atoms with Gasteiger partial charge in [0.1, 0.15) is 5.82 Å². The molecule has 0 bridgehead atoms. The maximum absolute atomic E-state index is 13.8. The lowest BCUT2D eigenvalue weighted by atomic mass is 10.1. The Kier molecular flexibility index (Phi) is 3.50. The van der Waals surface area contributed by atoms with E-state index in [4.69, 9.17) is 11.0 Å². The van der Waals surface area contributed by atoms with Crippen molar-refractivity contribution in [1.29, 1.82) is 5.26 Å². The van der Waals surface area contributed by atoms with E-state index in [9.17, 15) is 4.39 Å². The summed E-state index contributed by atoms with van der Waals surface area (Å²) >= 11 is 1.40. The number of hydrogen-bond acceptors (Lipinski definition) is 4. The van der Waals surface area contributed by atoms with Crippen LogP contribution in [0.2, 0.25) is 0 Å². The van der Waals surface area contributed by atoms with E-state index in [1.54, 1.807) is 18.2 Å². The second-order valence-corrected chi connectivity index (χ2v) is 5.49. The van der Waals surface area contributed by atoms with Crippen LogP contribution < -0.4 is 5.73 Å². The van der Waals surface area contributed by atoms with Crippen LogP contribution in [0.3, 0.4) is 0 Å². The molecule has 0 fully saturated rings. The van der Waals surface area contributed by atoms with Crippen molar-refractivity contribution >= 4 is 28.5 Å². The standard InChI is InChI=1S/C15H11FN4S/c16-12-5-9(7-17)1-2-10(12)8-21-15-19-13-4-3-11(18)6-14(13)20-15/h1-6H,8,18H2,(H,19,20). The lowest BCUT2D eigenvalue weighted by molar-refractivity contribution is 0.617. The van der Waals surface area contributed by atoms with Crippen LogP contribution >= 0.6 is 11.8 Å². The van der Waals surface area contributed by atoms with Crippen molar-refractivity contribution < 1.29 is 4.39 Å². The van der Waals surface area contributed by atoms with E-state index in [1.165, 1.54) is 17.8 Å². The van der Waals surface area contributed by atoms with E-state index < -0.39 is 0 Å². The number of halogens is 1. The highest BCUT2D eigenvalue weighted by Crippen LogP contribution is 2.25. The fourth-order valence-electron chi connectivity index (χ4n) is 1.95. The molecule has 0 aliphatic heterocycles. The molecule has 104 valence electrons. The fourth-order valence-corrected chi connectivity index (χ4v) is 2.82. The van der Waals surface area contributed by atoms with Gasteiger partial charge < -0.3 is 10.7 Å². The van der Waals surface area contributed by atoms with E-state index in [-0.39, 0.29) is 5.82 Å². The Bertz CT molecular complexity index is 850. The first kappa shape index (κ1) is 13.5. The van der Waals surface area contributed by atoms with Gasteiger partial charge in [-0.3, -0.25) is 0 Å². The summed E-state index contributed by atoms with van der Waals surface area (Å²) in [6.45, 7) is 0. The minimum atomic E-state index is -0.373. The molecule has 0 aliphatic carbocycles. The number of aromatic amines is 1. The quantitative estimate of drug-likeness (QED) is 0.573. The van der Waals surface area contributed by atoms with Gasteiger partial charge in [0, 0.05) is 11.4 Å². The fraction of sp³-hybridized carbons (Fsp3) is 0.0667. The summed E-state index contributed by atoms with van der Waals surface area (Å²) in [7, 11) is 0. The lowest BCUT2D eigenvalue weighted by Gasteiger charge is -2.01. The van der Waals surface area contributed by atoms with Crippen LogP contribution in [0.15, 0.2) is 41.6 Å². The number of anilines is 1. The molecule has 2 aromatic carbocycles. The number of benzene rings is 2. The van der Waals surface area contributed by atoms with E-state index in [1.807, 2.05) is 18.2 Å².